The largest absolute Gasteiger partial charge is 0.455 e. The van der Waals surface area contributed by atoms with Crippen molar-refractivity contribution in [3.63, 3.8) is 0 Å². The molecule has 0 saturated carbocycles. The highest BCUT2D eigenvalue weighted by Gasteiger charge is 2.13. The number of ether oxygens (including phenoxy) is 1. The molecule has 0 saturated heterocycles. The number of thiophene rings is 2. The average Bonchev–Trinajstić information content (AvgIpc) is 3.26. The molecule has 1 N–H and O–H groups in total. The molecule has 3 heterocycles. The maximum Gasteiger partial charge on any atom is 0.316 e. The average molecular weight is 390 g/mol. The summed E-state index contributed by atoms with van der Waals surface area (Å²) < 4.78 is 4.95. The Kier molecular flexibility index (Phi) is 5.60. The van der Waals surface area contributed by atoms with E-state index in [0.717, 1.165) is 10.2 Å². The van der Waals surface area contributed by atoms with Gasteiger partial charge in [-0.25, -0.2) is 9.97 Å². The number of carbonyl (C=O) groups is 2. The quantitative estimate of drug-likeness (QED) is 0.392. The van der Waals surface area contributed by atoms with Gasteiger partial charge in [-0.15, -0.1) is 22.7 Å². The third-order valence-corrected chi connectivity index (χ3v) is 5.58. The van der Waals surface area contributed by atoms with Crippen LogP contribution in [0.15, 0.2) is 34.2 Å². The Labute approximate surface area is 154 Å². The van der Waals surface area contributed by atoms with Crippen molar-refractivity contribution < 1.29 is 14.3 Å². The van der Waals surface area contributed by atoms with Gasteiger partial charge in [0.25, 0.3) is 5.91 Å². The molecule has 3 aromatic rings. The molecule has 0 bridgehead atoms. The van der Waals surface area contributed by atoms with Gasteiger partial charge in [0.1, 0.15) is 27.3 Å². The first-order chi connectivity index (χ1) is 12.2. The zero-order valence-electron chi connectivity index (χ0n) is 12.6. The van der Waals surface area contributed by atoms with Gasteiger partial charge < -0.3 is 10.1 Å². The summed E-state index contributed by atoms with van der Waals surface area (Å²) in [7, 11) is 0. The first kappa shape index (κ1) is 17.3. The van der Waals surface area contributed by atoms with Gasteiger partial charge in [-0.3, -0.25) is 9.59 Å². The predicted octanol–water partition coefficient (Wildman–Crippen LogP) is 2.90. The highest BCUT2D eigenvalue weighted by molar-refractivity contribution is 8.00. The van der Waals surface area contributed by atoms with E-state index in [2.05, 4.69) is 15.3 Å². The Morgan fingerprint density at radius 3 is 2.96 bits per heavy atom. The number of amides is 1. The third kappa shape index (κ3) is 4.33. The Morgan fingerprint density at radius 1 is 1.28 bits per heavy atom. The molecular formula is C15H10N4O3S3. The number of fused-ring (bicyclic) bond motifs is 1. The van der Waals surface area contributed by atoms with E-state index in [9.17, 15) is 9.59 Å². The standard InChI is InChI=1S/C15H10N4O3S3/c16-5-9-1-3-23-13(9)19-11(20)6-22-12(21)7-25-15-10-2-4-24-14(10)17-8-18-15/h1-4,8H,6-7H2,(H,19,20). The van der Waals surface area contributed by atoms with E-state index in [0.29, 0.717) is 15.6 Å². The molecule has 0 unspecified atom stereocenters. The van der Waals surface area contributed by atoms with E-state index in [1.165, 1.54) is 40.8 Å². The van der Waals surface area contributed by atoms with Crippen LogP contribution in [0, 0.1) is 11.3 Å². The molecular weight excluding hydrogens is 380 g/mol. The fourth-order valence-corrected chi connectivity index (χ4v) is 4.18. The van der Waals surface area contributed by atoms with Gasteiger partial charge in [-0.1, -0.05) is 11.8 Å². The fraction of sp³-hybridized carbons (Fsp3) is 0.133. The van der Waals surface area contributed by atoms with Crippen molar-refractivity contribution in [2.45, 2.75) is 5.03 Å². The van der Waals surface area contributed by atoms with Crippen molar-refractivity contribution in [2.75, 3.05) is 17.7 Å². The van der Waals surface area contributed by atoms with Crippen molar-refractivity contribution in [1.82, 2.24) is 9.97 Å². The second kappa shape index (κ2) is 8.06. The summed E-state index contributed by atoms with van der Waals surface area (Å²) in [6, 6.07) is 5.47. The van der Waals surface area contributed by atoms with Gasteiger partial charge >= 0.3 is 5.97 Å². The number of nitrogens with one attached hydrogen (secondary N) is 1. The molecule has 0 aliphatic carbocycles. The smallest absolute Gasteiger partial charge is 0.316 e. The van der Waals surface area contributed by atoms with E-state index in [1.807, 2.05) is 17.5 Å². The minimum atomic E-state index is -0.520. The van der Waals surface area contributed by atoms with Crippen molar-refractivity contribution in [3.8, 4) is 6.07 Å². The summed E-state index contributed by atoms with van der Waals surface area (Å²) in [4.78, 5) is 32.7. The SMILES string of the molecule is N#Cc1ccsc1NC(=O)COC(=O)CSc1ncnc2sccc12. The van der Waals surface area contributed by atoms with Crippen molar-refractivity contribution in [2.24, 2.45) is 0 Å². The molecule has 25 heavy (non-hydrogen) atoms. The number of hydrogen-bond acceptors (Lipinski definition) is 9. The number of thioether (sulfide) groups is 1. The van der Waals surface area contributed by atoms with Crippen LogP contribution in [0.2, 0.25) is 0 Å². The van der Waals surface area contributed by atoms with Gasteiger partial charge in [0.05, 0.1) is 11.3 Å². The Bertz CT molecular complexity index is 960. The molecule has 0 aliphatic heterocycles. The maximum absolute atomic E-state index is 11.8. The third-order valence-electron chi connectivity index (χ3n) is 2.95. The number of hydrogen-bond donors (Lipinski definition) is 1. The molecule has 126 valence electrons. The van der Waals surface area contributed by atoms with E-state index >= 15 is 0 Å². The second-order valence-corrected chi connectivity index (χ2v) is 7.37. The maximum atomic E-state index is 11.8. The lowest BCUT2D eigenvalue weighted by Gasteiger charge is -2.05. The fourth-order valence-electron chi connectivity index (χ4n) is 1.85. The summed E-state index contributed by atoms with van der Waals surface area (Å²) in [5, 5.41) is 17.1. The Balaban J connectivity index is 1.47. The summed E-state index contributed by atoms with van der Waals surface area (Å²) in [5.41, 5.74) is 0.378. The van der Waals surface area contributed by atoms with Gasteiger partial charge in [-0.2, -0.15) is 5.26 Å². The van der Waals surface area contributed by atoms with Crippen LogP contribution in [-0.4, -0.2) is 34.2 Å². The summed E-state index contributed by atoms with van der Waals surface area (Å²) in [6.07, 6.45) is 1.45. The predicted molar refractivity (Wildman–Crippen MR) is 96.8 cm³/mol. The molecule has 0 fully saturated rings. The zero-order valence-corrected chi connectivity index (χ0v) is 15.0. The van der Waals surface area contributed by atoms with Crippen LogP contribution in [0.5, 0.6) is 0 Å². The van der Waals surface area contributed by atoms with Gasteiger partial charge in [0.15, 0.2) is 6.61 Å². The molecule has 10 heteroatoms. The van der Waals surface area contributed by atoms with E-state index in [4.69, 9.17) is 10.00 Å². The minimum absolute atomic E-state index is 0.0394. The Hall–Kier alpha value is -2.48. The zero-order chi connectivity index (χ0) is 17.6. The van der Waals surface area contributed by atoms with Crippen molar-refractivity contribution >= 4 is 61.5 Å². The number of carbonyl (C=O) groups excluding carboxylic acids is 2. The van der Waals surface area contributed by atoms with Gasteiger partial charge in [0.2, 0.25) is 0 Å². The normalized spacial score (nSPS) is 10.4. The van der Waals surface area contributed by atoms with Crippen LogP contribution in [0.4, 0.5) is 5.00 Å². The van der Waals surface area contributed by atoms with Crippen LogP contribution in [0.25, 0.3) is 10.2 Å². The number of esters is 1. The van der Waals surface area contributed by atoms with E-state index in [-0.39, 0.29) is 5.75 Å². The molecule has 3 aromatic heterocycles. The van der Waals surface area contributed by atoms with Crippen LogP contribution in [0.3, 0.4) is 0 Å². The highest BCUT2D eigenvalue weighted by atomic mass is 32.2. The molecule has 0 aliphatic rings. The molecule has 7 nitrogen and oxygen atoms in total. The highest BCUT2D eigenvalue weighted by Crippen LogP contribution is 2.27. The van der Waals surface area contributed by atoms with Crippen LogP contribution in [0.1, 0.15) is 5.56 Å². The van der Waals surface area contributed by atoms with Crippen molar-refractivity contribution in [1.29, 1.82) is 5.26 Å². The molecule has 0 radical (unpaired) electrons. The summed E-state index contributed by atoms with van der Waals surface area (Å²) in [6.45, 7) is -0.403. The lowest BCUT2D eigenvalue weighted by Crippen LogP contribution is -2.21. The van der Waals surface area contributed by atoms with Crippen LogP contribution >= 0.6 is 34.4 Å². The minimum Gasteiger partial charge on any atom is -0.455 e. The topological polar surface area (TPSA) is 105 Å². The summed E-state index contributed by atoms with van der Waals surface area (Å²) in [5.74, 6) is -0.967. The van der Waals surface area contributed by atoms with Gasteiger partial charge in [-0.05, 0) is 22.9 Å². The number of anilines is 1. The lowest BCUT2D eigenvalue weighted by molar-refractivity contribution is -0.144. The van der Waals surface area contributed by atoms with E-state index in [1.54, 1.807) is 11.4 Å². The number of nitriles is 1. The van der Waals surface area contributed by atoms with Gasteiger partial charge in [0, 0.05) is 5.39 Å². The molecule has 0 spiro atoms. The second-order valence-electron chi connectivity index (χ2n) is 4.59. The summed E-state index contributed by atoms with van der Waals surface area (Å²) >= 11 is 3.97. The lowest BCUT2D eigenvalue weighted by atomic mass is 10.3. The molecule has 3 rings (SSSR count). The molecule has 0 atom stereocenters. The number of nitrogens with zero attached hydrogens (tertiary/aromatic N) is 3. The van der Waals surface area contributed by atoms with Crippen LogP contribution < -0.4 is 5.32 Å². The molecule has 1 amide bonds. The first-order valence-corrected chi connectivity index (χ1v) is 9.66. The number of rotatable bonds is 6. The van der Waals surface area contributed by atoms with Crippen LogP contribution in [-0.2, 0) is 14.3 Å². The van der Waals surface area contributed by atoms with E-state index < -0.39 is 18.5 Å². The monoisotopic (exact) mass is 390 g/mol. The first-order valence-electron chi connectivity index (χ1n) is 6.91. The Morgan fingerprint density at radius 2 is 2.12 bits per heavy atom. The van der Waals surface area contributed by atoms with Crippen molar-refractivity contribution in [3.05, 3.63) is 34.8 Å². The molecule has 0 aromatic carbocycles. The number of aromatic nitrogens is 2.